The summed E-state index contributed by atoms with van der Waals surface area (Å²) in [4.78, 5) is 2.27. The van der Waals surface area contributed by atoms with Crippen LogP contribution >= 0.6 is 0 Å². The molecule has 0 spiro atoms. The summed E-state index contributed by atoms with van der Waals surface area (Å²) < 4.78 is 0. The van der Waals surface area contributed by atoms with Gasteiger partial charge in [-0.25, -0.2) is 0 Å². The Labute approximate surface area is 146 Å². The van der Waals surface area contributed by atoms with Crippen molar-refractivity contribution in [2.45, 2.75) is 52.6 Å². The van der Waals surface area contributed by atoms with E-state index < -0.39 is 0 Å². The van der Waals surface area contributed by atoms with E-state index in [0.29, 0.717) is 18.0 Å². The molecule has 0 saturated heterocycles. The molecule has 142 valence electrons. The summed E-state index contributed by atoms with van der Waals surface area (Å²) in [5, 5.41) is 31.1. The van der Waals surface area contributed by atoms with E-state index in [-0.39, 0.29) is 11.1 Å². The zero-order valence-electron chi connectivity index (χ0n) is 16.1. The van der Waals surface area contributed by atoms with E-state index in [1.165, 1.54) is 0 Å². The number of oxime groups is 2. The molecule has 0 aromatic carbocycles. The number of nitrogens with two attached hydrogens (primary N) is 1. The monoisotopic (exact) mass is 344 g/mol. The van der Waals surface area contributed by atoms with Gasteiger partial charge in [0.15, 0.2) is 0 Å². The summed E-state index contributed by atoms with van der Waals surface area (Å²) in [7, 11) is 0. The van der Waals surface area contributed by atoms with Crippen LogP contribution in [0, 0.1) is 0 Å². The van der Waals surface area contributed by atoms with E-state index in [1.54, 1.807) is 13.8 Å². The summed E-state index contributed by atoms with van der Waals surface area (Å²) in [6, 6.07) is 0. The Morgan fingerprint density at radius 2 is 1.25 bits per heavy atom. The second kappa shape index (κ2) is 10.6. The van der Waals surface area contributed by atoms with Crippen LogP contribution in [0.25, 0.3) is 0 Å². The molecule has 0 fully saturated rings. The summed E-state index contributed by atoms with van der Waals surface area (Å²) >= 11 is 0. The lowest BCUT2D eigenvalue weighted by molar-refractivity contribution is 0.263. The minimum absolute atomic E-state index is 0.349. The van der Waals surface area contributed by atoms with Gasteiger partial charge in [0.25, 0.3) is 0 Å². The molecule has 0 unspecified atom stereocenters. The highest BCUT2D eigenvalue weighted by Crippen LogP contribution is 2.06. The molecule has 8 heteroatoms. The van der Waals surface area contributed by atoms with Crippen molar-refractivity contribution in [3.63, 3.8) is 0 Å². The van der Waals surface area contributed by atoms with Crippen molar-refractivity contribution in [1.82, 2.24) is 15.5 Å². The normalized spacial score (nSPS) is 14.5. The van der Waals surface area contributed by atoms with Gasteiger partial charge in [-0.2, -0.15) is 0 Å². The van der Waals surface area contributed by atoms with Crippen molar-refractivity contribution in [1.29, 1.82) is 0 Å². The maximum Gasteiger partial charge on any atom is 0.0734 e. The lowest BCUT2D eigenvalue weighted by atomic mass is 9.99. The molecule has 0 aliphatic carbocycles. The molecule has 0 amide bonds. The molecule has 0 saturated carbocycles. The molecule has 24 heavy (non-hydrogen) atoms. The van der Waals surface area contributed by atoms with Gasteiger partial charge < -0.3 is 26.8 Å². The fraction of sp³-hybridized carbons (Fsp3) is 0.875. The van der Waals surface area contributed by atoms with Gasteiger partial charge in [0, 0.05) is 39.3 Å². The highest BCUT2D eigenvalue weighted by molar-refractivity contribution is 5.90. The van der Waals surface area contributed by atoms with Crippen LogP contribution in [0.4, 0.5) is 0 Å². The van der Waals surface area contributed by atoms with Crippen molar-refractivity contribution in [3.05, 3.63) is 0 Å². The van der Waals surface area contributed by atoms with Gasteiger partial charge in [0.2, 0.25) is 0 Å². The zero-order valence-corrected chi connectivity index (χ0v) is 16.1. The van der Waals surface area contributed by atoms with Crippen molar-refractivity contribution < 1.29 is 10.4 Å². The number of hydrogen-bond acceptors (Lipinski definition) is 8. The summed E-state index contributed by atoms with van der Waals surface area (Å²) in [6.45, 7) is 16.1. The topological polar surface area (TPSA) is 119 Å². The van der Waals surface area contributed by atoms with Crippen molar-refractivity contribution >= 4 is 11.4 Å². The lowest BCUT2D eigenvalue weighted by Crippen LogP contribution is -2.51. The van der Waals surface area contributed by atoms with E-state index in [2.05, 4.69) is 25.8 Å². The van der Waals surface area contributed by atoms with Gasteiger partial charge in [-0.3, -0.25) is 4.90 Å². The van der Waals surface area contributed by atoms with Crippen LogP contribution in [-0.4, -0.2) is 77.1 Å². The van der Waals surface area contributed by atoms with E-state index in [0.717, 1.165) is 32.7 Å². The Balaban J connectivity index is 4.37. The van der Waals surface area contributed by atoms with E-state index >= 15 is 0 Å². The maximum atomic E-state index is 8.91. The Bertz CT molecular complexity index is 385. The second-order valence-corrected chi connectivity index (χ2v) is 7.10. The van der Waals surface area contributed by atoms with Crippen molar-refractivity contribution in [3.8, 4) is 0 Å². The van der Waals surface area contributed by atoms with Gasteiger partial charge in [-0.1, -0.05) is 10.3 Å². The molecule has 0 aromatic rings. The second-order valence-electron chi connectivity index (χ2n) is 7.10. The standard InChI is InChI=1S/C16H36N6O2/c1-13(20-23)15(3,4)18-8-11-22(10-7-17)12-9-19-16(5,6)14(2)21-24/h18-19,23-24H,7-12,17H2,1-6H3. The molecule has 0 bridgehead atoms. The van der Waals surface area contributed by atoms with Gasteiger partial charge in [0.1, 0.15) is 0 Å². The highest BCUT2D eigenvalue weighted by Gasteiger charge is 2.22. The first-order valence-electron chi connectivity index (χ1n) is 8.41. The SMILES string of the molecule is CC(=NO)C(C)(C)NCCN(CCN)CCNC(C)(C)C(C)=NO. The van der Waals surface area contributed by atoms with Crippen LogP contribution in [0.5, 0.6) is 0 Å². The van der Waals surface area contributed by atoms with Crippen LogP contribution in [0.1, 0.15) is 41.5 Å². The molecule has 0 aromatic heterocycles. The molecule has 0 atom stereocenters. The third kappa shape index (κ3) is 8.05. The largest absolute Gasteiger partial charge is 0.411 e. The van der Waals surface area contributed by atoms with Gasteiger partial charge in [0.05, 0.1) is 22.5 Å². The molecular weight excluding hydrogens is 308 g/mol. The Hall–Kier alpha value is -1.22. The molecule has 0 heterocycles. The van der Waals surface area contributed by atoms with E-state index in [4.69, 9.17) is 16.1 Å². The molecule has 0 rings (SSSR count). The Morgan fingerprint density at radius 3 is 1.54 bits per heavy atom. The molecule has 0 aliphatic heterocycles. The summed E-state index contributed by atoms with van der Waals surface area (Å²) in [6.07, 6.45) is 0. The average molecular weight is 345 g/mol. The smallest absolute Gasteiger partial charge is 0.0734 e. The minimum atomic E-state index is -0.349. The first kappa shape index (κ1) is 22.8. The quantitative estimate of drug-likeness (QED) is 0.202. The van der Waals surface area contributed by atoms with Crippen LogP contribution in [-0.2, 0) is 0 Å². The lowest BCUT2D eigenvalue weighted by Gasteiger charge is -2.30. The Kier molecular flexibility index (Phi) is 10.1. The number of rotatable bonds is 12. The maximum absolute atomic E-state index is 8.91. The molecule has 0 aliphatic rings. The molecular formula is C16H36N6O2. The van der Waals surface area contributed by atoms with Crippen LogP contribution in [0.2, 0.25) is 0 Å². The molecule has 6 N–H and O–H groups in total. The molecule has 8 nitrogen and oxygen atoms in total. The number of nitrogens with zero attached hydrogens (tertiary/aromatic N) is 3. The Morgan fingerprint density at radius 1 is 0.875 bits per heavy atom. The zero-order chi connectivity index (χ0) is 18.8. The third-order valence-electron chi connectivity index (χ3n) is 4.54. The fourth-order valence-corrected chi connectivity index (χ4v) is 2.08. The van der Waals surface area contributed by atoms with Gasteiger partial charge in [-0.05, 0) is 41.5 Å². The fourth-order valence-electron chi connectivity index (χ4n) is 2.08. The summed E-state index contributed by atoms with van der Waals surface area (Å²) in [5.74, 6) is 0. The van der Waals surface area contributed by atoms with Gasteiger partial charge >= 0.3 is 0 Å². The van der Waals surface area contributed by atoms with E-state index in [9.17, 15) is 0 Å². The number of hydrogen-bond donors (Lipinski definition) is 5. The minimum Gasteiger partial charge on any atom is -0.411 e. The van der Waals surface area contributed by atoms with Crippen LogP contribution in [0.15, 0.2) is 10.3 Å². The first-order chi connectivity index (χ1) is 11.1. The number of nitrogens with one attached hydrogen (secondary N) is 2. The highest BCUT2D eigenvalue weighted by atomic mass is 16.4. The van der Waals surface area contributed by atoms with Crippen LogP contribution < -0.4 is 16.4 Å². The van der Waals surface area contributed by atoms with Gasteiger partial charge in [-0.15, -0.1) is 0 Å². The average Bonchev–Trinajstić information content (AvgIpc) is 2.52. The predicted octanol–water partition coefficient (Wildman–Crippen LogP) is 0.684. The van der Waals surface area contributed by atoms with Crippen molar-refractivity contribution in [2.24, 2.45) is 16.0 Å². The summed E-state index contributed by atoms with van der Waals surface area (Å²) in [5.41, 5.74) is 6.30. The molecule has 0 radical (unpaired) electrons. The predicted molar refractivity (Wildman–Crippen MR) is 99.4 cm³/mol. The third-order valence-corrected chi connectivity index (χ3v) is 4.54. The van der Waals surface area contributed by atoms with Crippen molar-refractivity contribution in [2.75, 3.05) is 39.3 Å². The van der Waals surface area contributed by atoms with Crippen LogP contribution in [0.3, 0.4) is 0 Å². The van der Waals surface area contributed by atoms with E-state index in [1.807, 2.05) is 27.7 Å². The first-order valence-corrected chi connectivity index (χ1v) is 8.41.